The zero-order valence-electron chi connectivity index (χ0n) is 15.4. The molecule has 2 fully saturated rings. The fourth-order valence-corrected chi connectivity index (χ4v) is 3.80. The number of piperazine rings is 1. The highest BCUT2D eigenvalue weighted by atomic mass is 19.1. The Balaban J connectivity index is 1.41. The van der Waals surface area contributed by atoms with Gasteiger partial charge in [-0.3, -0.25) is 9.69 Å². The molecule has 1 heterocycles. The van der Waals surface area contributed by atoms with E-state index in [1.165, 1.54) is 30.5 Å². The van der Waals surface area contributed by atoms with Crippen molar-refractivity contribution in [3.05, 3.63) is 66.0 Å². The van der Waals surface area contributed by atoms with Gasteiger partial charge in [-0.2, -0.15) is 0 Å². The van der Waals surface area contributed by atoms with E-state index in [0.29, 0.717) is 11.8 Å². The van der Waals surface area contributed by atoms with Crippen molar-refractivity contribution in [2.75, 3.05) is 26.2 Å². The first kappa shape index (κ1) is 18.0. The number of ether oxygens (including phenoxy) is 1. The second-order valence-corrected chi connectivity index (χ2v) is 7.40. The summed E-state index contributed by atoms with van der Waals surface area (Å²) in [5.41, 5.74) is 1.25. The van der Waals surface area contributed by atoms with E-state index in [4.69, 9.17) is 4.74 Å². The Bertz CT molecular complexity index is 762. The van der Waals surface area contributed by atoms with Gasteiger partial charge in [0.25, 0.3) is 5.91 Å². The molecule has 1 aliphatic carbocycles. The molecule has 0 N–H and O–H groups in total. The first-order valence-corrected chi connectivity index (χ1v) is 9.65. The van der Waals surface area contributed by atoms with Crippen LogP contribution in [0.4, 0.5) is 4.39 Å². The summed E-state index contributed by atoms with van der Waals surface area (Å²) in [6.45, 7) is 2.57. The third kappa shape index (κ3) is 4.66. The molecule has 1 amide bonds. The highest BCUT2D eigenvalue weighted by Crippen LogP contribution is 2.29. The van der Waals surface area contributed by atoms with Crippen LogP contribution in [0, 0.1) is 5.82 Å². The maximum absolute atomic E-state index is 13.0. The number of halogens is 1. The maximum Gasteiger partial charge on any atom is 0.260 e. The van der Waals surface area contributed by atoms with Crippen molar-refractivity contribution in [2.24, 2.45) is 0 Å². The van der Waals surface area contributed by atoms with Crippen LogP contribution in [0.15, 0.2) is 54.6 Å². The molecule has 0 spiro atoms. The minimum atomic E-state index is -0.312. The number of nitrogens with zero attached hydrogens (tertiary/aromatic N) is 2. The van der Waals surface area contributed by atoms with Gasteiger partial charge in [0, 0.05) is 31.7 Å². The van der Waals surface area contributed by atoms with E-state index in [1.54, 1.807) is 12.1 Å². The molecule has 4 nitrogen and oxygen atoms in total. The van der Waals surface area contributed by atoms with E-state index in [0.717, 1.165) is 26.1 Å². The summed E-state index contributed by atoms with van der Waals surface area (Å²) < 4.78 is 18.6. The van der Waals surface area contributed by atoms with E-state index >= 15 is 0 Å². The smallest absolute Gasteiger partial charge is 0.260 e. The number of amides is 1. The molecular weight excluding hydrogens is 343 g/mol. The van der Waals surface area contributed by atoms with Crippen LogP contribution in [0.25, 0.3) is 0 Å². The van der Waals surface area contributed by atoms with Gasteiger partial charge in [0.1, 0.15) is 11.6 Å². The van der Waals surface area contributed by atoms with Crippen molar-refractivity contribution in [1.82, 2.24) is 9.80 Å². The molecule has 1 saturated heterocycles. The number of carbonyl (C=O) groups excluding carboxylic acids is 1. The molecule has 4 rings (SSSR count). The Morgan fingerprint density at radius 3 is 2.48 bits per heavy atom. The van der Waals surface area contributed by atoms with Gasteiger partial charge in [-0.25, -0.2) is 4.39 Å². The fourth-order valence-electron chi connectivity index (χ4n) is 3.80. The number of hydrogen-bond donors (Lipinski definition) is 0. The summed E-state index contributed by atoms with van der Waals surface area (Å²) >= 11 is 0. The lowest BCUT2D eigenvalue weighted by atomic mass is 10.0. The van der Waals surface area contributed by atoms with Gasteiger partial charge < -0.3 is 9.64 Å². The molecule has 2 aromatic rings. The highest BCUT2D eigenvalue weighted by molar-refractivity contribution is 5.78. The zero-order chi connectivity index (χ0) is 18.6. The molecule has 0 radical (unpaired) electrons. The lowest BCUT2D eigenvalue weighted by Crippen LogP contribution is -2.57. The quantitative estimate of drug-likeness (QED) is 0.785. The van der Waals surface area contributed by atoms with Crippen LogP contribution in [0.3, 0.4) is 0 Å². The van der Waals surface area contributed by atoms with Crippen LogP contribution in [0.1, 0.15) is 18.4 Å². The predicted octanol–water partition coefficient (Wildman–Crippen LogP) is 3.12. The first-order chi connectivity index (χ1) is 13.2. The van der Waals surface area contributed by atoms with Gasteiger partial charge >= 0.3 is 0 Å². The van der Waals surface area contributed by atoms with Crippen molar-refractivity contribution in [2.45, 2.75) is 31.3 Å². The number of benzene rings is 2. The van der Waals surface area contributed by atoms with Crippen molar-refractivity contribution < 1.29 is 13.9 Å². The van der Waals surface area contributed by atoms with Gasteiger partial charge in [0.15, 0.2) is 6.61 Å². The molecular formula is C22H25FN2O2. The fraction of sp³-hybridized carbons (Fsp3) is 0.409. The maximum atomic E-state index is 13.0. The van der Waals surface area contributed by atoms with Crippen molar-refractivity contribution >= 4 is 5.91 Å². The van der Waals surface area contributed by atoms with E-state index in [-0.39, 0.29) is 24.4 Å². The molecule has 1 aliphatic heterocycles. The van der Waals surface area contributed by atoms with E-state index < -0.39 is 0 Å². The molecule has 1 atom stereocenters. The molecule has 2 aliphatic rings. The molecule has 142 valence electrons. The third-order valence-corrected chi connectivity index (χ3v) is 5.39. The van der Waals surface area contributed by atoms with Crippen LogP contribution < -0.4 is 4.74 Å². The Morgan fingerprint density at radius 1 is 1.04 bits per heavy atom. The van der Waals surface area contributed by atoms with Gasteiger partial charge in [-0.1, -0.05) is 30.3 Å². The molecule has 5 heteroatoms. The summed E-state index contributed by atoms with van der Waals surface area (Å²) in [6, 6.07) is 17.0. The molecule has 27 heavy (non-hydrogen) atoms. The lowest BCUT2D eigenvalue weighted by Gasteiger charge is -2.41. The third-order valence-electron chi connectivity index (χ3n) is 5.39. The standard InChI is InChI=1S/C22H25FN2O2/c23-18-6-10-21(11-7-18)27-16-22(26)25-13-12-24(19-8-9-19)15-20(25)14-17-4-2-1-3-5-17/h1-7,10-11,19-20H,8-9,12-16H2. The van der Waals surface area contributed by atoms with E-state index in [2.05, 4.69) is 17.0 Å². The Morgan fingerprint density at radius 2 is 1.78 bits per heavy atom. The Hall–Kier alpha value is -2.40. The van der Waals surface area contributed by atoms with Crippen LogP contribution in [0.2, 0.25) is 0 Å². The number of carbonyl (C=O) groups is 1. The van der Waals surface area contributed by atoms with Crippen molar-refractivity contribution in [3.63, 3.8) is 0 Å². The average molecular weight is 368 g/mol. The van der Waals surface area contributed by atoms with Gasteiger partial charge in [0.2, 0.25) is 0 Å². The number of hydrogen-bond acceptors (Lipinski definition) is 3. The van der Waals surface area contributed by atoms with Crippen LogP contribution >= 0.6 is 0 Å². The molecule has 0 aromatic heterocycles. The highest BCUT2D eigenvalue weighted by Gasteiger charge is 2.37. The van der Waals surface area contributed by atoms with Crippen LogP contribution in [0.5, 0.6) is 5.75 Å². The Kier molecular flexibility index (Phi) is 5.39. The normalized spacial score (nSPS) is 20.5. The van der Waals surface area contributed by atoms with Crippen LogP contribution in [-0.2, 0) is 11.2 Å². The van der Waals surface area contributed by atoms with Gasteiger partial charge in [-0.15, -0.1) is 0 Å². The second-order valence-electron chi connectivity index (χ2n) is 7.40. The lowest BCUT2D eigenvalue weighted by molar-refractivity contribution is -0.138. The molecule has 1 saturated carbocycles. The topological polar surface area (TPSA) is 32.8 Å². The largest absolute Gasteiger partial charge is 0.484 e. The van der Waals surface area contributed by atoms with Gasteiger partial charge in [-0.05, 0) is 49.1 Å². The Labute approximate surface area is 159 Å². The van der Waals surface area contributed by atoms with Crippen LogP contribution in [-0.4, -0.2) is 54.0 Å². The van der Waals surface area contributed by atoms with Gasteiger partial charge in [0.05, 0.1) is 0 Å². The molecule has 1 unspecified atom stereocenters. The SMILES string of the molecule is O=C(COc1ccc(F)cc1)N1CCN(C2CC2)CC1Cc1ccccc1. The summed E-state index contributed by atoms with van der Waals surface area (Å²) in [7, 11) is 0. The number of rotatable bonds is 6. The van der Waals surface area contributed by atoms with Crippen molar-refractivity contribution in [1.29, 1.82) is 0 Å². The monoisotopic (exact) mass is 368 g/mol. The van der Waals surface area contributed by atoms with E-state index in [1.807, 2.05) is 23.1 Å². The summed E-state index contributed by atoms with van der Waals surface area (Å²) in [5.74, 6) is 0.199. The molecule has 0 bridgehead atoms. The summed E-state index contributed by atoms with van der Waals surface area (Å²) in [6.07, 6.45) is 3.41. The zero-order valence-corrected chi connectivity index (χ0v) is 15.4. The molecule has 2 aromatic carbocycles. The van der Waals surface area contributed by atoms with Crippen molar-refractivity contribution in [3.8, 4) is 5.75 Å². The average Bonchev–Trinajstić information content (AvgIpc) is 3.53. The minimum absolute atomic E-state index is 0.00398. The second kappa shape index (κ2) is 8.09. The first-order valence-electron chi connectivity index (χ1n) is 9.65. The summed E-state index contributed by atoms with van der Waals surface area (Å²) in [5, 5.41) is 0. The summed E-state index contributed by atoms with van der Waals surface area (Å²) in [4.78, 5) is 17.3. The minimum Gasteiger partial charge on any atom is -0.484 e. The van der Waals surface area contributed by atoms with E-state index in [9.17, 15) is 9.18 Å². The predicted molar refractivity (Wildman–Crippen MR) is 102 cm³/mol.